The van der Waals surface area contributed by atoms with Crippen LogP contribution in [0.3, 0.4) is 0 Å². The average molecular weight is 467 g/mol. The maximum atomic E-state index is 12.9. The van der Waals surface area contributed by atoms with Gasteiger partial charge in [-0.05, 0) is 55.3 Å². The molecular formula is C25H30N4O5. The third kappa shape index (κ3) is 5.85. The van der Waals surface area contributed by atoms with Crippen LogP contribution in [0, 0.1) is 0 Å². The van der Waals surface area contributed by atoms with Crippen molar-refractivity contribution in [3.63, 3.8) is 0 Å². The molecule has 9 nitrogen and oxygen atoms in total. The molecule has 9 heteroatoms. The van der Waals surface area contributed by atoms with Gasteiger partial charge in [0.25, 0.3) is 5.91 Å². The van der Waals surface area contributed by atoms with E-state index in [1.165, 1.54) is 12.0 Å². The van der Waals surface area contributed by atoms with Crippen molar-refractivity contribution in [2.45, 2.75) is 32.0 Å². The number of rotatable bonds is 8. The standard InChI is InChI=1S/C25H30N4O5/c1-28-11-9-20(10-12-28)34-19-6-3-17(4-7-19)14-26-24(31)21-13-18(5-8-22(21)33-2)15-29-16-23(30)27-25(29)32/h3-8,13,20H,9-12,14-16H2,1-2H3,(H,26,31)(H,27,30,32). The Hall–Kier alpha value is -3.59. The molecule has 0 radical (unpaired) electrons. The first-order chi connectivity index (χ1) is 16.4. The van der Waals surface area contributed by atoms with E-state index in [9.17, 15) is 14.4 Å². The maximum absolute atomic E-state index is 12.9. The second-order valence-corrected chi connectivity index (χ2v) is 8.69. The molecule has 2 aliphatic rings. The van der Waals surface area contributed by atoms with Crippen LogP contribution in [-0.2, 0) is 17.9 Å². The first kappa shape index (κ1) is 23.6. The molecule has 2 aliphatic heterocycles. The number of benzene rings is 2. The quantitative estimate of drug-likeness (QED) is 0.579. The number of carbonyl (C=O) groups excluding carboxylic acids is 3. The number of hydrogen-bond acceptors (Lipinski definition) is 6. The summed E-state index contributed by atoms with van der Waals surface area (Å²) in [5.41, 5.74) is 2.05. The second kappa shape index (κ2) is 10.6. The van der Waals surface area contributed by atoms with Crippen molar-refractivity contribution < 1.29 is 23.9 Å². The van der Waals surface area contributed by atoms with Crippen LogP contribution >= 0.6 is 0 Å². The van der Waals surface area contributed by atoms with E-state index in [0.717, 1.165) is 42.8 Å². The highest BCUT2D eigenvalue weighted by molar-refractivity contribution is 6.02. The summed E-state index contributed by atoms with van der Waals surface area (Å²) in [6.45, 7) is 2.67. The number of carbonyl (C=O) groups is 3. The van der Waals surface area contributed by atoms with Gasteiger partial charge in [-0.25, -0.2) is 4.79 Å². The summed E-state index contributed by atoms with van der Waals surface area (Å²) in [4.78, 5) is 39.8. The lowest BCUT2D eigenvalue weighted by atomic mass is 10.1. The van der Waals surface area contributed by atoms with Gasteiger partial charge in [0.15, 0.2) is 0 Å². The molecule has 0 saturated carbocycles. The van der Waals surface area contributed by atoms with Gasteiger partial charge in [0.05, 0.1) is 12.7 Å². The molecule has 0 atom stereocenters. The van der Waals surface area contributed by atoms with Crippen LogP contribution in [0.15, 0.2) is 42.5 Å². The van der Waals surface area contributed by atoms with Gasteiger partial charge in [0.1, 0.15) is 24.1 Å². The number of hydrogen-bond donors (Lipinski definition) is 2. The van der Waals surface area contributed by atoms with Crippen molar-refractivity contribution in [3.05, 3.63) is 59.2 Å². The van der Waals surface area contributed by atoms with Crippen molar-refractivity contribution in [2.24, 2.45) is 0 Å². The molecule has 4 rings (SSSR count). The summed E-state index contributed by atoms with van der Waals surface area (Å²) < 4.78 is 11.4. The van der Waals surface area contributed by atoms with Gasteiger partial charge in [-0.15, -0.1) is 0 Å². The van der Waals surface area contributed by atoms with Crippen LogP contribution in [0.2, 0.25) is 0 Å². The van der Waals surface area contributed by atoms with Crippen LogP contribution in [0.4, 0.5) is 4.79 Å². The highest BCUT2D eigenvalue weighted by atomic mass is 16.5. The molecule has 0 spiro atoms. The van der Waals surface area contributed by atoms with Gasteiger partial charge >= 0.3 is 6.03 Å². The summed E-state index contributed by atoms with van der Waals surface area (Å²) >= 11 is 0. The molecule has 0 aliphatic carbocycles. The molecule has 2 heterocycles. The van der Waals surface area contributed by atoms with Gasteiger partial charge in [-0.2, -0.15) is 0 Å². The van der Waals surface area contributed by atoms with Crippen molar-refractivity contribution >= 4 is 17.8 Å². The van der Waals surface area contributed by atoms with Gasteiger partial charge in [0.2, 0.25) is 5.91 Å². The molecule has 180 valence electrons. The maximum Gasteiger partial charge on any atom is 0.324 e. The molecular weight excluding hydrogens is 436 g/mol. The molecule has 2 fully saturated rings. The average Bonchev–Trinajstić information content (AvgIpc) is 3.16. The summed E-state index contributed by atoms with van der Waals surface area (Å²) in [6.07, 6.45) is 2.29. The molecule has 34 heavy (non-hydrogen) atoms. The van der Waals surface area contributed by atoms with Crippen molar-refractivity contribution in [3.8, 4) is 11.5 Å². The Morgan fingerprint density at radius 1 is 1.09 bits per heavy atom. The Morgan fingerprint density at radius 3 is 2.44 bits per heavy atom. The fraction of sp³-hybridized carbons (Fsp3) is 0.400. The number of methoxy groups -OCH3 is 1. The van der Waals surface area contributed by atoms with Crippen molar-refractivity contribution in [2.75, 3.05) is 33.8 Å². The summed E-state index contributed by atoms with van der Waals surface area (Å²) in [6, 6.07) is 12.5. The highest BCUT2D eigenvalue weighted by Crippen LogP contribution is 2.22. The fourth-order valence-electron chi connectivity index (χ4n) is 4.12. The summed E-state index contributed by atoms with van der Waals surface area (Å²) in [5, 5.41) is 5.17. The largest absolute Gasteiger partial charge is 0.496 e. The Morgan fingerprint density at radius 2 is 1.79 bits per heavy atom. The van der Waals surface area contributed by atoms with Gasteiger partial charge in [-0.3, -0.25) is 14.9 Å². The lowest BCUT2D eigenvalue weighted by molar-refractivity contribution is -0.118. The summed E-state index contributed by atoms with van der Waals surface area (Å²) in [7, 11) is 3.63. The number of urea groups is 1. The second-order valence-electron chi connectivity index (χ2n) is 8.69. The molecule has 0 bridgehead atoms. The zero-order valence-corrected chi connectivity index (χ0v) is 19.5. The zero-order valence-electron chi connectivity index (χ0n) is 19.5. The molecule has 0 aromatic heterocycles. The van der Waals surface area contributed by atoms with Crippen molar-refractivity contribution in [1.82, 2.24) is 20.4 Å². The first-order valence-corrected chi connectivity index (χ1v) is 11.4. The van der Waals surface area contributed by atoms with E-state index in [1.54, 1.807) is 18.2 Å². The number of likely N-dealkylation sites (tertiary alicyclic amines) is 1. The van der Waals surface area contributed by atoms with E-state index < -0.39 is 6.03 Å². The van der Waals surface area contributed by atoms with E-state index in [-0.39, 0.29) is 31.0 Å². The van der Waals surface area contributed by atoms with Crippen LogP contribution in [-0.4, -0.2) is 67.5 Å². The van der Waals surface area contributed by atoms with Crippen LogP contribution in [0.25, 0.3) is 0 Å². The normalized spacial score (nSPS) is 16.9. The smallest absolute Gasteiger partial charge is 0.324 e. The molecule has 2 N–H and O–H groups in total. The molecule has 2 aromatic carbocycles. The number of imide groups is 1. The SMILES string of the molecule is COc1ccc(CN2CC(=O)NC2=O)cc1C(=O)NCc1ccc(OC2CCN(C)CC2)cc1. The Labute approximate surface area is 199 Å². The number of nitrogens with one attached hydrogen (secondary N) is 2. The minimum atomic E-state index is -0.435. The van der Waals surface area contributed by atoms with Gasteiger partial charge in [0, 0.05) is 26.2 Å². The predicted octanol–water partition coefficient (Wildman–Crippen LogP) is 2.15. The van der Waals surface area contributed by atoms with Crippen LogP contribution in [0.5, 0.6) is 11.5 Å². The van der Waals surface area contributed by atoms with E-state index >= 15 is 0 Å². The first-order valence-electron chi connectivity index (χ1n) is 11.4. The Balaban J connectivity index is 1.34. The molecule has 2 saturated heterocycles. The van der Waals surface area contributed by atoms with E-state index in [1.807, 2.05) is 24.3 Å². The number of nitrogens with zero attached hydrogens (tertiary/aromatic N) is 2. The van der Waals surface area contributed by atoms with E-state index in [2.05, 4.69) is 22.6 Å². The van der Waals surface area contributed by atoms with Crippen LogP contribution in [0.1, 0.15) is 34.3 Å². The lowest BCUT2D eigenvalue weighted by Crippen LogP contribution is -2.35. The summed E-state index contributed by atoms with van der Waals surface area (Å²) in [5.74, 6) is 0.653. The third-order valence-corrected chi connectivity index (χ3v) is 6.09. The number of ether oxygens (including phenoxy) is 2. The monoisotopic (exact) mass is 466 g/mol. The number of amides is 4. The fourth-order valence-corrected chi connectivity index (χ4v) is 4.12. The lowest BCUT2D eigenvalue weighted by Gasteiger charge is -2.29. The minimum Gasteiger partial charge on any atom is -0.496 e. The predicted molar refractivity (Wildman–Crippen MR) is 126 cm³/mol. The molecule has 4 amide bonds. The number of piperidine rings is 1. The molecule has 2 aromatic rings. The van der Waals surface area contributed by atoms with Crippen LogP contribution < -0.4 is 20.1 Å². The molecule has 0 unspecified atom stereocenters. The van der Waals surface area contributed by atoms with Gasteiger partial charge in [-0.1, -0.05) is 18.2 Å². The van der Waals surface area contributed by atoms with E-state index in [4.69, 9.17) is 9.47 Å². The topological polar surface area (TPSA) is 100 Å². The zero-order chi connectivity index (χ0) is 24.1. The van der Waals surface area contributed by atoms with Crippen molar-refractivity contribution in [1.29, 1.82) is 0 Å². The Bertz CT molecular complexity index is 1050. The van der Waals surface area contributed by atoms with Gasteiger partial charge < -0.3 is 24.6 Å². The highest BCUT2D eigenvalue weighted by Gasteiger charge is 2.27. The third-order valence-electron chi connectivity index (χ3n) is 6.09. The Kier molecular flexibility index (Phi) is 7.32. The minimum absolute atomic E-state index is 0.00387. The van der Waals surface area contributed by atoms with E-state index in [0.29, 0.717) is 17.9 Å².